The fraction of sp³-hybridized carbons (Fsp3) is 0.174. The Labute approximate surface area is 167 Å². The molecule has 29 heavy (non-hydrogen) atoms. The van der Waals surface area contributed by atoms with Crippen LogP contribution in [-0.4, -0.2) is 23.3 Å². The number of aromatic amines is 1. The number of hydrogen-bond acceptors (Lipinski definition) is 3. The quantitative estimate of drug-likeness (QED) is 0.522. The van der Waals surface area contributed by atoms with Crippen LogP contribution in [0.4, 0.5) is 4.39 Å². The summed E-state index contributed by atoms with van der Waals surface area (Å²) < 4.78 is 26.2. The van der Waals surface area contributed by atoms with Crippen molar-refractivity contribution >= 4 is 11.0 Å². The molecule has 0 radical (unpaired) electrons. The minimum absolute atomic E-state index is 0.204. The number of benzene rings is 3. The lowest BCUT2D eigenvalue weighted by Crippen LogP contribution is -2.17. The van der Waals surface area contributed by atoms with Crippen LogP contribution in [0.2, 0.25) is 0 Å². The second kappa shape index (κ2) is 7.83. The van der Waals surface area contributed by atoms with E-state index in [1.54, 1.807) is 17.7 Å². The minimum Gasteiger partial charge on any atom is -0.493 e. The van der Waals surface area contributed by atoms with Crippen molar-refractivity contribution in [2.75, 3.05) is 13.7 Å². The number of halogens is 1. The summed E-state index contributed by atoms with van der Waals surface area (Å²) in [5.74, 6) is 1.01. The number of ether oxygens (including phenoxy) is 2. The Hall–Kier alpha value is -3.54. The van der Waals surface area contributed by atoms with Crippen molar-refractivity contribution in [1.82, 2.24) is 9.55 Å². The van der Waals surface area contributed by atoms with Crippen LogP contribution in [0.1, 0.15) is 12.5 Å². The number of methoxy groups -OCH3 is 1. The molecule has 1 heterocycles. The molecule has 0 saturated carbocycles. The summed E-state index contributed by atoms with van der Waals surface area (Å²) in [4.78, 5) is 15.5. The summed E-state index contributed by atoms with van der Waals surface area (Å²) in [7, 11) is 1.60. The predicted octanol–water partition coefficient (Wildman–Crippen LogP) is 4.59. The summed E-state index contributed by atoms with van der Waals surface area (Å²) in [6.07, 6.45) is 0. The van der Waals surface area contributed by atoms with E-state index in [4.69, 9.17) is 9.47 Å². The average Bonchev–Trinajstić information content (AvgIpc) is 3.03. The topological polar surface area (TPSA) is 56.2 Å². The zero-order valence-corrected chi connectivity index (χ0v) is 16.2. The van der Waals surface area contributed by atoms with Crippen LogP contribution >= 0.6 is 0 Å². The van der Waals surface area contributed by atoms with Crippen molar-refractivity contribution < 1.29 is 13.9 Å². The molecule has 0 aliphatic rings. The summed E-state index contributed by atoms with van der Waals surface area (Å²) in [6.45, 7) is 2.82. The molecule has 0 aliphatic carbocycles. The molecule has 0 aliphatic heterocycles. The minimum atomic E-state index is -0.293. The van der Waals surface area contributed by atoms with Gasteiger partial charge in [-0.15, -0.1) is 0 Å². The van der Waals surface area contributed by atoms with Gasteiger partial charge in [-0.05, 0) is 60.0 Å². The fourth-order valence-electron chi connectivity index (χ4n) is 3.44. The fourth-order valence-corrected chi connectivity index (χ4v) is 3.44. The highest BCUT2D eigenvalue weighted by Crippen LogP contribution is 2.29. The first-order valence-electron chi connectivity index (χ1n) is 9.37. The zero-order valence-electron chi connectivity index (χ0n) is 16.2. The largest absolute Gasteiger partial charge is 0.493 e. The summed E-state index contributed by atoms with van der Waals surface area (Å²) in [5.41, 5.74) is 3.81. The molecule has 0 atom stereocenters. The van der Waals surface area contributed by atoms with Crippen molar-refractivity contribution in [1.29, 1.82) is 0 Å². The number of nitrogens with one attached hydrogen (secondary N) is 1. The van der Waals surface area contributed by atoms with Gasteiger partial charge in [0, 0.05) is 0 Å². The number of aromatic nitrogens is 2. The maximum Gasteiger partial charge on any atom is 0.326 e. The van der Waals surface area contributed by atoms with E-state index in [9.17, 15) is 9.18 Å². The molecular weight excluding hydrogens is 371 g/mol. The lowest BCUT2D eigenvalue weighted by molar-refractivity contribution is 0.310. The molecule has 0 spiro atoms. The molecule has 148 valence electrons. The molecule has 1 N–H and O–H groups in total. The van der Waals surface area contributed by atoms with Gasteiger partial charge in [0.2, 0.25) is 0 Å². The molecule has 5 nitrogen and oxygen atoms in total. The van der Waals surface area contributed by atoms with Crippen molar-refractivity contribution in [2.24, 2.45) is 0 Å². The monoisotopic (exact) mass is 392 g/mol. The van der Waals surface area contributed by atoms with Crippen LogP contribution in [0.3, 0.4) is 0 Å². The molecule has 0 fully saturated rings. The van der Waals surface area contributed by atoms with Gasteiger partial charge in [0.25, 0.3) is 0 Å². The zero-order chi connectivity index (χ0) is 20.4. The highest BCUT2D eigenvalue weighted by atomic mass is 19.1. The Morgan fingerprint density at radius 3 is 2.59 bits per heavy atom. The molecule has 3 aromatic carbocycles. The van der Waals surface area contributed by atoms with Crippen LogP contribution in [-0.2, 0) is 6.54 Å². The number of hydrogen-bond donors (Lipinski definition) is 1. The SMILES string of the molecule is CCOc1cc(Cn2c(=O)[nH]c3cc(-c4cccc(F)c4)ccc32)ccc1OC. The Bertz CT molecular complexity index is 1230. The first kappa shape index (κ1) is 18.8. The molecule has 4 rings (SSSR count). The van der Waals surface area contributed by atoms with Crippen molar-refractivity contribution in [3.63, 3.8) is 0 Å². The molecule has 0 saturated heterocycles. The third-order valence-corrected chi connectivity index (χ3v) is 4.80. The first-order valence-corrected chi connectivity index (χ1v) is 9.37. The number of imidazole rings is 1. The molecule has 6 heteroatoms. The van der Waals surface area contributed by atoms with E-state index < -0.39 is 0 Å². The second-order valence-corrected chi connectivity index (χ2v) is 6.68. The van der Waals surface area contributed by atoms with Crippen LogP contribution in [0, 0.1) is 5.82 Å². The van der Waals surface area contributed by atoms with E-state index in [2.05, 4.69) is 4.98 Å². The van der Waals surface area contributed by atoms with Gasteiger partial charge in [0.15, 0.2) is 11.5 Å². The van der Waals surface area contributed by atoms with E-state index >= 15 is 0 Å². The van der Waals surface area contributed by atoms with E-state index in [0.29, 0.717) is 30.2 Å². The summed E-state index contributed by atoms with van der Waals surface area (Å²) in [6, 6.07) is 17.6. The van der Waals surface area contributed by atoms with E-state index in [1.165, 1.54) is 12.1 Å². The third-order valence-electron chi connectivity index (χ3n) is 4.80. The van der Waals surface area contributed by atoms with Crippen LogP contribution in [0.25, 0.3) is 22.2 Å². The predicted molar refractivity (Wildman–Crippen MR) is 111 cm³/mol. The van der Waals surface area contributed by atoms with Crippen molar-refractivity contribution in [3.05, 3.63) is 82.5 Å². The Kier molecular flexibility index (Phi) is 5.08. The molecule has 4 aromatic rings. The van der Waals surface area contributed by atoms with Gasteiger partial charge in [-0.1, -0.05) is 24.3 Å². The normalized spacial score (nSPS) is 11.0. The highest BCUT2D eigenvalue weighted by Gasteiger charge is 2.11. The van der Waals surface area contributed by atoms with Crippen LogP contribution in [0.5, 0.6) is 11.5 Å². The van der Waals surface area contributed by atoms with Crippen molar-refractivity contribution in [2.45, 2.75) is 13.5 Å². The second-order valence-electron chi connectivity index (χ2n) is 6.68. The standard InChI is InChI=1S/C23H21FN2O3/c1-3-29-22-11-15(7-10-21(22)28-2)14-26-20-9-8-17(13-19(20)25-23(26)27)16-5-4-6-18(24)12-16/h4-13H,3,14H2,1-2H3,(H,25,27). The van der Waals surface area contributed by atoms with E-state index in [-0.39, 0.29) is 11.5 Å². The maximum atomic E-state index is 13.5. The Morgan fingerprint density at radius 1 is 1.00 bits per heavy atom. The third kappa shape index (κ3) is 3.74. The molecule has 0 bridgehead atoms. The lowest BCUT2D eigenvalue weighted by atomic mass is 10.1. The Balaban J connectivity index is 1.71. The Morgan fingerprint density at radius 2 is 1.83 bits per heavy atom. The summed E-state index contributed by atoms with van der Waals surface area (Å²) in [5, 5.41) is 0. The number of H-pyrrole nitrogens is 1. The van der Waals surface area contributed by atoms with Gasteiger partial charge < -0.3 is 14.5 Å². The first-order chi connectivity index (χ1) is 14.1. The molecule has 0 unspecified atom stereocenters. The van der Waals surface area contributed by atoms with Gasteiger partial charge in [0.1, 0.15) is 5.82 Å². The summed E-state index contributed by atoms with van der Waals surface area (Å²) >= 11 is 0. The molecule has 0 amide bonds. The van der Waals surface area contributed by atoms with Gasteiger partial charge in [-0.25, -0.2) is 9.18 Å². The number of fused-ring (bicyclic) bond motifs is 1. The van der Waals surface area contributed by atoms with E-state index in [1.807, 2.05) is 49.4 Å². The maximum absolute atomic E-state index is 13.5. The average molecular weight is 392 g/mol. The van der Waals surface area contributed by atoms with Crippen molar-refractivity contribution in [3.8, 4) is 22.6 Å². The number of nitrogens with zero attached hydrogens (tertiary/aromatic N) is 1. The van der Waals surface area contributed by atoms with Gasteiger partial charge >= 0.3 is 5.69 Å². The van der Waals surface area contributed by atoms with Crippen LogP contribution < -0.4 is 15.2 Å². The van der Waals surface area contributed by atoms with Gasteiger partial charge in [-0.3, -0.25) is 4.57 Å². The van der Waals surface area contributed by atoms with Gasteiger partial charge in [-0.2, -0.15) is 0 Å². The highest BCUT2D eigenvalue weighted by molar-refractivity contribution is 5.82. The smallest absolute Gasteiger partial charge is 0.326 e. The molecular formula is C23H21FN2O3. The van der Waals surface area contributed by atoms with E-state index in [0.717, 1.165) is 22.2 Å². The number of rotatable bonds is 6. The lowest BCUT2D eigenvalue weighted by Gasteiger charge is -2.11. The van der Waals surface area contributed by atoms with Crippen LogP contribution in [0.15, 0.2) is 65.5 Å². The van der Waals surface area contributed by atoms with Gasteiger partial charge in [0.05, 0.1) is 31.3 Å². The molecule has 1 aromatic heterocycles.